The third-order valence-corrected chi connectivity index (χ3v) is 9.87. The summed E-state index contributed by atoms with van der Waals surface area (Å²) in [5, 5.41) is 2.10. The van der Waals surface area contributed by atoms with Crippen molar-refractivity contribution in [3.63, 3.8) is 0 Å². The number of rotatable bonds is 11. The second-order valence-electron chi connectivity index (χ2n) is 13.4. The number of aryl methyl sites for hydroxylation is 2. The number of urea groups is 1. The summed E-state index contributed by atoms with van der Waals surface area (Å²) >= 11 is 5.84. The molecule has 0 bridgehead atoms. The molecule has 3 aliphatic rings. The number of ether oxygens (including phenoxy) is 2. The van der Waals surface area contributed by atoms with Crippen LogP contribution in [0, 0.1) is 19.8 Å². The van der Waals surface area contributed by atoms with Gasteiger partial charge in [-0.25, -0.2) is 9.59 Å². The highest BCUT2D eigenvalue weighted by atomic mass is 35.5. The quantitative estimate of drug-likeness (QED) is 0.119. The van der Waals surface area contributed by atoms with E-state index in [1.807, 2.05) is 19.9 Å². The molecule has 5 amide bonds. The Balaban J connectivity index is 1.17. The van der Waals surface area contributed by atoms with Gasteiger partial charge in [-0.1, -0.05) is 31.5 Å². The zero-order chi connectivity index (χ0) is 36.8. The van der Waals surface area contributed by atoms with Crippen LogP contribution in [0.4, 0.5) is 22.8 Å². The van der Waals surface area contributed by atoms with Crippen molar-refractivity contribution in [2.75, 3.05) is 6.79 Å². The Morgan fingerprint density at radius 1 is 1.06 bits per heavy atom. The van der Waals surface area contributed by atoms with Crippen LogP contribution in [0.3, 0.4) is 0 Å². The first-order valence-electron chi connectivity index (χ1n) is 15.7. The smallest absolute Gasteiger partial charge is 0.427 e. The molecule has 2 aliphatic heterocycles. The lowest BCUT2D eigenvalue weighted by atomic mass is 9.78. The van der Waals surface area contributed by atoms with Crippen molar-refractivity contribution in [3.8, 4) is 5.75 Å². The normalized spacial score (nSPS) is 19.2. The Morgan fingerprint density at radius 3 is 2.34 bits per heavy atom. The lowest BCUT2D eigenvalue weighted by Gasteiger charge is -2.28. The van der Waals surface area contributed by atoms with Crippen molar-refractivity contribution >= 4 is 50.5 Å². The lowest BCUT2D eigenvalue weighted by Crippen LogP contribution is -2.50. The van der Waals surface area contributed by atoms with Crippen molar-refractivity contribution in [2.24, 2.45) is 5.92 Å². The average molecular weight is 742 g/mol. The maximum Gasteiger partial charge on any atom is 0.427 e. The maximum absolute atomic E-state index is 13.6. The third-order valence-electron chi connectivity index (χ3n) is 9.24. The summed E-state index contributed by atoms with van der Waals surface area (Å²) in [4.78, 5) is 76.3. The Labute approximate surface area is 292 Å². The first-order chi connectivity index (χ1) is 23.4. The number of hydrogen-bond donors (Lipinski definition) is 2. The Kier molecular flexibility index (Phi) is 10.4. The van der Waals surface area contributed by atoms with Gasteiger partial charge in [-0.3, -0.25) is 14.4 Å². The molecule has 12 nitrogen and oxygen atoms in total. The number of esters is 1. The topological polar surface area (TPSA) is 152 Å². The summed E-state index contributed by atoms with van der Waals surface area (Å²) in [6, 6.07) is 4.71. The number of imide groups is 3. The molecule has 5 rings (SSSR count). The van der Waals surface area contributed by atoms with Crippen LogP contribution in [0.15, 0.2) is 24.3 Å². The largest absolute Gasteiger partial charge is 0.450 e. The van der Waals surface area contributed by atoms with Crippen molar-refractivity contribution < 1.29 is 56.0 Å². The van der Waals surface area contributed by atoms with Gasteiger partial charge < -0.3 is 29.1 Å². The molecule has 1 saturated carbocycles. The molecule has 1 saturated heterocycles. The van der Waals surface area contributed by atoms with E-state index in [1.54, 1.807) is 19.9 Å². The minimum absolute atomic E-state index is 0.0274. The summed E-state index contributed by atoms with van der Waals surface area (Å²) in [6.07, 6.45) is -5.48. The average Bonchev–Trinajstić information content (AvgIpc) is 3.71. The SMILES string of the molecule is Cc1cc(C)c(C(C)(C)CC(=O)OCOC(=O)N2C(=O)NC(CCC(=O)N3Cc4cc(Cl)c(C(F)(F)F)cc4C3)(C3CC3)C2=O)c(OPO)c1. The zero-order valence-corrected chi connectivity index (χ0v) is 29.4. The Bertz CT molecular complexity index is 1750. The first-order valence-corrected chi connectivity index (χ1v) is 16.9. The van der Waals surface area contributed by atoms with Crippen molar-refractivity contribution in [3.05, 3.63) is 62.7 Å². The summed E-state index contributed by atoms with van der Waals surface area (Å²) in [5.74, 6) is -2.04. The third kappa shape index (κ3) is 7.54. The predicted molar refractivity (Wildman–Crippen MR) is 173 cm³/mol. The minimum Gasteiger partial charge on any atom is -0.450 e. The van der Waals surface area contributed by atoms with Crippen molar-refractivity contribution in [2.45, 2.75) is 90.0 Å². The van der Waals surface area contributed by atoms with Crippen LogP contribution in [0.25, 0.3) is 0 Å². The zero-order valence-electron chi connectivity index (χ0n) is 27.7. The molecule has 2 fully saturated rings. The van der Waals surface area contributed by atoms with Gasteiger partial charge in [-0.05, 0) is 79.5 Å². The summed E-state index contributed by atoms with van der Waals surface area (Å²) < 4.78 is 55.5. The predicted octanol–water partition coefficient (Wildman–Crippen LogP) is 6.18. The number of fused-ring (bicyclic) bond motifs is 1. The van der Waals surface area contributed by atoms with E-state index in [-0.39, 0.29) is 43.2 Å². The molecular formula is C33H36ClF3N3O9P. The van der Waals surface area contributed by atoms with Gasteiger partial charge in [0, 0.05) is 30.5 Å². The van der Waals surface area contributed by atoms with Gasteiger partial charge in [0.25, 0.3) is 5.91 Å². The van der Waals surface area contributed by atoms with Crippen molar-refractivity contribution in [1.82, 2.24) is 15.1 Å². The number of carbonyl (C=O) groups excluding carboxylic acids is 5. The molecule has 1 aliphatic carbocycles. The van der Waals surface area contributed by atoms with Gasteiger partial charge in [0.1, 0.15) is 11.3 Å². The van der Waals surface area contributed by atoms with E-state index in [0.717, 1.165) is 17.2 Å². The minimum atomic E-state index is -4.66. The van der Waals surface area contributed by atoms with E-state index < -0.39 is 73.5 Å². The molecule has 50 heavy (non-hydrogen) atoms. The van der Waals surface area contributed by atoms with Gasteiger partial charge in [-0.15, -0.1) is 0 Å². The molecule has 2 aromatic carbocycles. The summed E-state index contributed by atoms with van der Waals surface area (Å²) in [7, 11) is -0.809. The van der Waals surface area contributed by atoms with Gasteiger partial charge in [0.15, 0.2) is 0 Å². The highest BCUT2D eigenvalue weighted by molar-refractivity contribution is 7.25. The second-order valence-corrected chi connectivity index (χ2v) is 14.2. The monoisotopic (exact) mass is 741 g/mol. The Morgan fingerprint density at radius 2 is 1.72 bits per heavy atom. The number of nitrogens with one attached hydrogen (secondary N) is 1. The van der Waals surface area contributed by atoms with E-state index in [2.05, 4.69) is 5.32 Å². The van der Waals surface area contributed by atoms with E-state index in [9.17, 15) is 42.0 Å². The van der Waals surface area contributed by atoms with E-state index >= 15 is 0 Å². The van der Waals surface area contributed by atoms with Gasteiger partial charge in [-0.2, -0.15) is 18.1 Å². The van der Waals surface area contributed by atoms with Crippen LogP contribution in [-0.4, -0.2) is 56.9 Å². The first kappa shape index (κ1) is 37.3. The van der Waals surface area contributed by atoms with Gasteiger partial charge >= 0.3 is 24.3 Å². The number of alkyl halides is 3. The highest BCUT2D eigenvalue weighted by Crippen LogP contribution is 2.46. The molecule has 2 N–H and O–H groups in total. The van der Waals surface area contributed by atoms with Gasteiger partial charge in [0.2, 0.25) is 21.7 Å². The molecule has 0 spiro atoms. The molecule has 0 radical (unpaired) electrons. The van der Waals surface area contributed by atoms with Crippen LogP contribution in [0.2, 0.25) is 5.02 Å². The standard InChI is InChI=1S/C33H36ClF3N3O9P/c1-17-9-18(2)27(24(10-17)49-50-46)31(3,4)13-26(42)47-16-48-30(45)40-28(43)32(21-5-6-21,38-29(40)44)8-7-25(41)39-14-19-11-22(33(35,36)37)23(34)12-20(19)15-39/h9-12,21,46,50H,5-8,13-16H2,1-4H3,(H,38,44). The summed E-state index contributed by atoms with van der Waals surface area (Å²) in [6.45, 7) is 6.33. The van der Waals surface area contributed by atoms with Crippen LogP contribution < -0.4 is 9.84 Å². The maximum atomic E-state index is 13.6. The van der Waals surface area contributed by atoms with Crippen LogP contribution in [0.1, 0.15) is 79.3 Å². The second kappa shape index (κ2) is 14.0. The Hall–Kier alpha value is -3.94. The van der Waals surface area contributed by atoms with Crippen LogP contribution in [-0.2, 0) is 48.5 Å². The van der Waals surface area contributed by atoms with Crippen LogP contribution >= 0.6 is 20.6 Å². The molecule has 2 unspecified atom stereocenters. The summed E-state index contributed by atoms with van der Waals surface area (Å²) in [5.41, 5.74) is -0.186. The fourth-order valence-corrected chi connectivity index (χ4v) is 7.45. The fraction of sp³-hybridized carbons (Fsp3) is 0.485. The number of hydrogen-bond acceptors (Lipinski definition) is 9. The number of halogens is 4. The number of benzene rings is 2. The van der Waals surface area contributed by atoms with Crippen LogP contribution in [0.5, 0.6) is 5.75 Å². The van der Waals surface area contributed by atoms with Gasteiger partial charge in [0.05, 0.1) is 17.0 Å². The highest BCUT2D eigenvalue weighted by Gasteiger charge is 2.61. The van der Waals surface area contributed by atoms with E-state index in [4.69, 9.17) is 25.6 Å². The molecular weight excluding hydrogens is 706 g/mol. The molecule has 2 heterocycles. The molecule has 0 aromatic heterocycles. The van der Waals surface area contributed by atoms with E-state index in [0.29, 0.717) is 35.3 Å². The number of amides is 5. The number of carbonyl (C=O) groups is 5. The molecule has 270 valence electrons. The number of nitrogens with zero attached hydrogens (tertiary/aromatic N) is 2. The van der Waals surface area contributed by atoms with Crippen molar-refractivity contribution in [1.29, 1.82) is 0 Å². The van der Waals surface area contributed by atoms with E-state index in [1.165, 1.54) is 11.0 Å². The molecule has 2 atom stereocenters. The molecule has 17 heteroatoms. The molecule has 2 aromatic rings. The lowest BCUT2D eigenvalue weighted by molar-refractivity contribution is -0.153. The fourth-order valence-electron chi connectivity index (χ4n) is 6.90.